The molecule has 3 N–H and O–H groups in total. The van der Waals surface area contributed by atoms with Crippen LogP contribution in [0.15, 0.2) is 0 Å². The van der Waals surface area contributed by atoms with Crippen molar-refractivity contribution in [2.45, 2.75) is 31.7 Å². The summed E-state index contributed by atoms with van der Waals surface area (Å²) in [6.45, 7) is 1.52. The van der Waals surface area contributed by atoms with Gasteiger partial charge in [-0.15, -0.1) is 0 Å². The Balaban J connectivity index is 3.71. The second-order valence-corrected chi connectivity index (χ2v) is 4.13. The lowest BCUT2D eigenvalue weighted by Gasteiger charge is -2.14. The molecule has 0 aromatic carbocycles. The number of carbonyl (C=O) groups excluding carboxylic acids is 1. The maximum atomic E-state index is 11.5. The highest BCUT2D eigenvalue weighted by Crippen LogP contribution is 1.95. The van der Waals surface area contributed by atoms with Crippen molar-refractivity contribution in [2.75, 3.05) is 34.0 Å². The molecule has 0 radical (unpaired) electrons. The van der Waals surface area contributed by atoms with Crippen molar-refractivity contribution in [1.29, 1.82) is 0 Å². The fraction of sp³-hybridized carbons (Fsp3) is 0.833. The van der Waals surface area contributed by atoms with E-state index in [-0.39, 0.29) is 13.0 Å². The Bertz CT molecular complexity index is 261. The zero-order chi connectivity index (χ0) is 14.5. The number of hydrogen-bond acceptors (Lipinski definition) is 4. The largest absolute Gasteiger partial charge is 0.480 e. The third-order valence-electron chi connectivity index (χ3n) is 2.52. The minimum absolute atomic E-state index is 0.243. The normalized spacial score (nSPS) is 11.9. The number of nitrogens with one attached hydrogen (secondary N) is 2. The van der Waals surface area contributed by atoms with E-state index in [1.54, 1.807) is 7.11 Å². The standard InChI is InChI=1S/C12H24N2O5/c1-18-8-5-3-4-7-13-12(17)14-10(11(15)16)6-9-19-2/h10H,3-9H2,1-2H3,(H,15,16)(H2,13,14,17). The topological polar surface area (TPSA) is 96.9 Å². The summed E-state index contributed by atoms with van der Waals surface area (Å²) in [4.78, 5) is 22.3. The molecule has 112 valence electrons. The number of carboxylic acid groups (broad SMARTS) is 1. The smallest absolute Gasteiger partial charge is 0.326 e. The van der Waals surface area contributed by atoms with Gasteiger partial charge < -0.3 is 25.2 Å². The van der Waals surface area contributed by atoms with Gasteiger partial charge in [0.1, 0.15) is 6.04 Å². The lowest BCUT2D eigenvalue weighted by Crippen LogP contribution is -2.46. The Morgan fingerprint density at radius 3 is 2.37 bits per heavy atom. The summed E-state index contributed by atoms with van der Waals surface area (Å²) in [5.41, 5.74) is 0. The van der Waals surface area contributed by atoms with E-state index in [0.29, 0.717) is 13.2 Å². The van der Waals surface area contributed by atoms with Crippen molar-refractivity contribution in [3.8, 4) is 0 Å². The first-order valence-electron chi connectivity index (χ1n) is 6.36. The summed E-state index contributed by atoms with van der Waals surface area (Å²) < 4.78 is 9.70. The highest BCUT2D eigenvalue weighted by molar-refractivity contribution is 5.82. The van der Waals surface area contributed by atoms with E-state index >= 15 is 0 Å². The first-order valence-corrected chi connectivity index (χ1v) is 6.36. The molecule has 0 aromatic rings. The van der Waals surface area contributed by atoms with Crippen LogP contribution in [-0.4, -0.2) is 57.1 Å². The van der Waals surface area contributed by atoms with E-state index in [0.717, 1.165) is 19.3 Å². The molecular weight excluding hydrogens is 252 g/mol. The summed E-state index contributed by atoms with van der Waals surface area (Å²) in [6, 6.07) is -1.39. The molecule has 0 aliphatic carbocycles. The average Bonchev–Trinajstić information content (AvgIpc) is 2.38. The molecule has 0 saturated carbocycles. The van der Waals surface area contributed by atoms with E-state index in [4.69, 9.17) is 14.6 Å². The molecule has 0 heterocycles. The predicted octanol–water partition coefficient (Wildman–Crippen LogP) is 0.592. The molecule has 0 aliphatic rings. The van der Waals surface area contributed by atoms with Crippen LogP contribution in [0.3, 0.4) is 0 Å². The van der Waals surface area contributed by atoms with E-state index in [9.17, 15) is 9.59 Å². The zero-order valence-corrected chi connectivity index (χ0v) is 11.6. The summed E-state index contributed by atoms with van der Waals surface area (Å²) in [6.07, 6.45) is 2.99. The Morgan fingerprint density at radius 2 is 1.79 bits per heavy atom. The number of aliphatic carboxylic acids is 1. The lowest BCUT2D eigenvalue weighted by molar-refractivity contribution is -0.139. The van der Waals surface area contributed by atoms with Crippen molar-refractivity contribution in [3.05, 3.63) is 0 Å². The van der Waals surface area contributed by atoms with Crippen molar-refractivity contribution >= 4 is 12.0 Å². The molecule has 2 amide bonds. The molecule has 0 saturated heterocycles. The molecule has 1 unspecified atom stereocenters. The SMILES string of the molecule is COCCCCCNC(=O)NC(CCOC)C(=O)O. The monoisotopic (exact) mass is 276 g/mol. The lowest BCUT2D eigenvalue weighted by atomic mass is 10.2. The van der Waals surface area contributed by atoms with Gasteiger partial charge in [-0.2, -0.15) is 0 Å². The fourth-order valence-corrected chi connectivity index (χ4v) is 1.45. The van der Waals surface area contributed by atoms with Gasteiger partial charge in [0.2, 0.25) is 0 Å². The number of urea groups is 1. The zero-order valence-electron chi connectivity index (χ0n) is 11.6. The predicted molar refractivity (Wildman–Crippen MR) is 70.2 cm³/mol. The van der Waals surface area contributed by atoms with Crippen LogP contribution >= 0.6 is 0 Å². The van der Waals surface area contributed by atoms with Crippen molar-refractivity contribution in [3.63, 3.8) is 0 Å². The minimum atomic E-state index is -1.06. The van der Waals surface area contributed by atoms with Gasteiger partial charge in [0.15, 0.2) is 0 Å². The van der Waals surface area contributed by atoms with Crippen LogP contribution in [-0.2, 0) is 14.3 Å². The molecule has 1 atom stereocenters. The molecular formula is C12H24N2O5. The number of methoxy groups -OCH3 is 2. The number of rotatable bonds is 11. The third-order valence-corrected chi connectivity index (χ3v) is 2.52. The Labute approximate surface area is 113 Å². The van der Waals surface area contributed by atoms with Gasteiger partial charge in [-0.05, 0) is 19.3 Å². The molecule has 0 bridgehead atoms. The molecule has 7 nitrogen and oxygen atoms in total. The summed E-state index contributed by atoms with van der Waals surface area (Å²) in [7, 11) is 3.14. The molecule has 0 rings (SSSR count). The Kier molecular flexibility index (Phi) is 10.9. The van der Waals surface area contributed by atoms with Crippen LogP contribution in [0.1, 0.15) is 25.7 Å². The van der Waals surface area contributed by atoms with Gasteiger partial charge in [-0.3, -0.25) is 0 Å². The first kappa shape index (κ1) is 17.7. The van der Waals surface area contributed by atoms with Gasteiger partial charge in [0, 0.05) is 40.4 Å². The van der Waals surface area contributed by atoms with Crippen molar-refractivity contribution in [1.82, 2.24) is 10.6 Å². The molecule has 19 heavy (non-hydrogen) atoms. The van der Waals surface area contributed by atoms with Gasteiger partial charge in [0.05, 0.1) is 0 Å². The van der Waals surface area contributed by atoms with Crippen LogP contribution in [0.5, 0.6) is 0 Å². The van der Waals surface area contributed by atoms with Gasteiger partial charge in [0.25, 0.3) is 0 Å². The number of unbranched alkanes of at least 4 members (excludes halogenated alkanes) is 2. The van der Waals surface area contributed by atoms with Gasteiger partial charge in [-0.25, -0.2) is 9.59 Å². The molecule has 0 aromatic heterocycles. The maximum absolute atomic E-state index is 11.5. The highest BCUT2D eigenvalue weighted by Gasteiger charge is 2.18. The second-order valence-electron chi connectivity index (χ2n) is 4.13. The Morgan fingerprint density at radius 1 is 1.11 bits per heavy atom. The summed E-state index contributed by atoms with van der Waals surface area (Å²) in [5.74, 6) is -1.06. The highest BCUT2D eigenvalue weighted by atomic mass is 16.5. The van der Waals surface area contributed by atoms with Crippen LogP contribution in [0.4, 0.5) is 4.79 Å². The van der Waals surface area contributed by atoms with E-state index in [2.05, 4.69) is 10.6 Å². The number of carbonyl (C=O) groups is 2. The molecule has 0 fully saturated rings. The van der Waals surface area contributed by atoms with Crippen LogP contribution in [0.25, 0.3) is 0 Å². The fourth-order valence-electron chi connectivity index (χ4n) is 1.45. The van der Waals surface area contributed by atoms with Crippen LogP contribution < -0.4 is 10.6 Å². The number of ether oxygens (including phenoxy) is 2. The molecule has 0 spiro atoms. The maximum Gasteiger partial charge on any atom is 0.326 e. The first-order chi connectivity index (χ1) is 9.11. The number of amides is 2. The van der Waals surface area contributed by atoms with Gasteiger partial charge >= 0.3 is 12.0 Å². The summed E-state index contributed by atoms with van der Waals surface area (Å²) in [5, 5.41) is 13.9. The molecule has 0 aliphatic heterocycles. The quantitative estimate of drug-likeness (QED) is 0.480. The van der Waals surface area contributed by atoms with E-state index in [1.807, 2.05) is 0 Å². The number of carboxylic acids is 1. The molecule has 7 heteroatoms. The van der Waals surface area contributed by atoms with Crippen LogP contribution in [0, 0.1) is 0 Å². The second kappa shape index (κ2) is 11.7. The average molecular weight is 276 g/mol. The number of hydrogen-bond donors (Lipinski definition) is 3. The minimum Gasteiger partial charge on any atom is -0.480 e. The third kappa shape index (κ3) is 10.3. The Hall–Kier alpha value is -1.34. The van der Waals surface area contributed by atoms with Gasteiger partial charge in [-0.1, -0.05) is 0 Å². The van der Waals surface area contributed by atoms with E-state index < -0.39 is 18.0 Å². The van der Waals surface area contributed by atoms with Crippen LogP contribution in [0.2, 0.25) is 0 Å². The van der Waals surface area contributed by atoms with Crippen molar-refractivity contribution < 1.29 is 24.2 Å². The summed E-state index contributed by atoms with van der Waals surface area (Å²) >= 11 is 0. The van der Waals surface area contributed by atoms with E-state index in [1.165, 1.54) is 7.11 Å². The van der Waals surface area contributed by atoms with Crippen molar-refractivity contribution in [2.24, 2.45) is 0 Å².